The second-order valence-electron chi connectivity index (χ2n) is 5.66. The number of benzene rings is 2. The van der Waals surface area contributed by atoms with E-state index in [1.54, 1.807) is 43.3 Å². The van der Waals surface area contributed by atoms with Crippen LogP contribution in [0, 0.1) is 5.82 Å². The first kappa shape index (κ1) is 19.2. The summed E-state index contributed by atoms with van der Waals surface area (Å²) in [7, 11) is 0. The van der Waals surface area contributed by atoms with Gasteiger partial charge in [-0.25, -0.2) is 14.0 Å². The highest BCUT2D eigenvalue weighted by Gasteiger charge is 2.06. The number of hydrogen-bond donors (Lipinski definition) is 2. The van der Waals surface area contributed by atoms with Crippen molar-refractivity contribution in [2.75, 3.05) is 11.9 Å². The molecule has 2 N–H and O–H groups in total. The van der Waals surface area contributed by atoms with Crippen LogP contribution in [-0.4, -0.2) is 18.5 Å². The Hall–Kier alpha value is -3.15. The number of urea groups is 1. The van der Waals surface area contributed by atoms with Crippen molar-refractivity contribution in [3.63, 3.8) is 0 Å². The molecule has 0 atom stereocenters. The van der Waals surface area contributed by atoms with Crippen molar-refractivity contribution in [2.45, 2.75) is 20.3 Å². The van der Waals surface area contributed by atoms with E-state index in [0.717, 1.165) is 12.0 Å². The lowest BCUT2D eigenvalue weighted by Crippen LogP contribution is -2.29. The second-order valence-corrected chi connectivity index (χ2v) is 5.66. The zero-order valence-electron chi connectivity index (χ0n) is 14.7. The van der Waals surface area contributed by atoms with E-state index in [4.69, 9.17) is 4.74 Å². The number of esters is 1. The lowest BCUT2D eigenvalue weighted by atomic mass is 10.1. The summed E-state index contributed by atoms with van der Waals surface area (Å²) >= 11 is 0. The summed E-state index contributed by atoms with van der Waals surface area (Å²) in [6.45, 7) is 4.28. The normalized spacial score (nSPS) is 11.0. The molecule has 0 aliphatic rings. The number of nitrogens with one attached hydrogen (secondary N) is 2. The number of allylic oxidation sites excluding steroid dienone is 1. The Morgan fingerprint density at radius 3 is 2.58 bits per heavy atom. The highest BCUT2D eigenvalue weighted by atomic mass is 19.1. The third-order valence-electron chi connectivity index (χ3n) is 3.48. The number of halogens is 1. The number of carbonyl (C=O) groups excluding carboxylic acids is 2. The number of ether oxygens (including phenoxy) is 1. The van der Waals surface area contributed by atoms with Gasteiger partial charge < -0.3 is 15.4 Å². The van der Waals surface area contributed by atoms with Crippen molar-refractivity contribution in [1.82, 2.24) is 5.32 Å². The van der Waals surface area contributed by atoms with Gasteiger partial charge in [-0.2, -0.15) is 0 Å². The SMILES string of the molecule is CCCNC(=O)Nc1cccc(OC(=O)/C=C(\C)c2ccc(F)cc2)c1. The number of anilines is 1. The van der Waals surface area contributed by atoms with Crippen LogP contribution in [0.1, 0.15) is 25.8 Å². The van der Waals surface area contributed by atoms with E-state index in [9.17, 15) is 14.0 Å². The molecule has 2 amide bonds. The molecule has 136 valence electrons. The summed E-state index contributed by atoms with van der Waals surface area (Å²) in [5.41, 5.74) is 1.90. The average molecular weight is 356 g/mol. The molecular weight excluding hydrogens is 335 g/mol. The first-order valence-electron chi connectivity index (χ1n) is 8.29. The van der Waals surface area contributed by atoms with Crippen LogP contribution in [0.2, 0.25) is 0 Å². The molecule has 2 aromatic rings. The summed E-state index contributed by atoms with van der Waals surface area (Å²) in [5, 5.41) is 5.37. The molecule has 0 radical (unpaired) electrons. The number of carbonyl (C=O) groups is 2. The number of hydrogen-bond acceptors (Lipinski definition) is 3. The monoisotopic (exact) mass is 356 g/mol. The minimum absolute atomic E-state index is 0.312. The van der Waals surface area contributed by atoms with E-state index < -0.39 is 5.97 Å². The maximum absolute atomic E-state index is 13.0. The molecule has 0 aliphatic carbocycles. The molecule has 5 nitrogen and oxygen atoms in total. The van der Waals surface area contributed by atoms with Gasteiger partial charge in [-0.05, 0) is 48.7 Å². The summed E-state index contributed by atoms with van der Waals surface area (Å²) in [5.74, 6) is -0.581. The van der Waals surface area contributed by atoms with Crippen LogP contribution in [0.4, 0.5) is 14.9 Å². The van der Waals surface area contributed by atoms with E-state index in [2.05, 4.69) is 10.6 Å². The van der Waals surface area contributed by atoms with Gasteiger partial charge in [-0.3, -0.25) is 0 Å². The van der Waals surface area contributed by atoms with Crippen molar-refractivity contribution < 1.29 is 18.7 Å². The van der Waals surface area contributed by atoms with Gasteiger partial charge in [0.25, 0.3) is 0 Å². The molecule has 0 bridgehead atoms. The molecular formula is C20H21FN2O3. The zero-order valence-corrected chi connectivity index (χ0v) is 14.7. The fourth-order valence-corrected chi connectivity index (χ4v) is 2.17. The minimum atomic E-state index is -0.556. The van der Waals surface area contributed by atoms with Crippen LogP contribution in [0.25, 0.3) is 5.57 Å². The van der Waals surface area contributed by atoms with Crippen molar-refractivity contribution in [2.24, 2.45) is 0 Å². The van der Waals surface area contributed by atoms with Crippen LogP contribution < -0.4 is 15.4 Å². The number of rotatable bonds is 6. The van der Waals surface area contributed by atoms with Gasteiger partial charge in [0.05, 0.1) is 0 Å². The third-order valence-corrected chi connectivity index (χ3v) is 3.48. The fraction of sp³-hybridized carbons (Fsp3) is 0.200. The van der Waals surface area contributed by atoms with Gasteiger partial charge in [0.15, 0.2) is 0 Å². The molecule has 0 fully saturated rings. The topological polar surface area (TPSA) is 67.4 Å². The van der Waals surface area contributed by atoms with Crippen molar-refractivity contribution in [3.8, 4) is 5.75 Å². The highest BCUT2D eigenvalue weighted by molar-refractivity contribution is 5.93. The Balaban J connectivity index is 2.00. The lowest BCUT2D eigenvalue weighted by molar-refractivity contribution is -0.128. The standard InChI is InChI=1S/C20H21FN2O3/c1-3-11-22-20(25)23-17-5-4-6-18(13-17)26-19(24)12-14(2)15-7-9-16(21)10-8-15/h4-10,12-13H,3,11H2,1-2H3,(H2,22,23,25)/b14-12+. The summed E-state index contributed by atoms with van der Waals surface area (Å²) in [4.78, 5) is 23.7. The first-order valence-corrected chi connectivity index (χ1v) is 8.29. The lowest BCUT2D eigenvalue weighted by Gasteiger charge is -2.08. The molecule has 6 heteroatoms. The molecule has 26 heavy (non-hydrogen) atoms. The summed E-state index contributed by atoms with van der Waals surface area (Å²) < 4.78 is 18.2. The Morgan fingerprint density at radius 2 is 1.88 bits per heavy atom. The molecule has 0 spiro atoms. The quantitative estimate of drug-likeness (QED) is 0.459. The maximum Gasteiger partial charge on any atom is 0.336 e. The van der Waals surface area contributed by atoms with Crippen LogP contribution in [0.5, 0.6) is 5.75 Å². The zero-order chi connectivity index (χ0) is 18.9. The smallest absolute Gasteiger partial charge is 0.336 e. The van der Waals surface area contributed by atoms with Crippen molar-refractivity contribution in [1.29, 1.82) is 0 Å². The van der Waals surface area contributed by atoms with Gasteiger partial charge >= 0.3 is 12.0 Å². The van der Waals surface area contributed by atoms with E-state index in [0.29, 0.717) is 23.6 Å². The van der Waals surface area contributed by atoms with E-state index in [1.807, 2.05) is 6.92 Å². The molecule has 0 heterocycles. The van der Waals surface area contributed by atoms with E-state index >= 15 is 0 Å². The molecule has 0 aliphatic heterocycles. The predicted molar refractivity (Wildman–Crippen MR) is 99.4 cm³/mol. The molecule has 0 aromatic heterocycles. The van der Waals surface area contributed by atoms with Gasteiger partial charge in [-0.15, -0.1) is 0 Å². The molecule has 0 saturated heterocycles. The van der Waals surface area contributed by atoms with Crippen molar-refractivity contribution >= 4 is 23.3 Å². The van der Waals surface area contributed by atoms with Gasteiger partial charge in [0.1, 0.15) is 11.6 Å². The Labute approximate surface area is 151 Å². The Morgan fingerprint density at radius 1 is 1.15 bits per heavy atom. The fourth-order valence-electron chi connectivity index (χ4n) is 2.17. The summed E-state index contributed by atoms with van der Waals surface area (Å²) in [6, 6.07) is 12.1. The highest BCUT2D eigenvalue weighted by Crippen LogP contribution is 2.19. The van der Waals surface area contributed by atoms with E-state index in [1.165, 1.54) is 18.2 Å². The minimum Gasteiger partial charge on any atom is -0.423 e. The molecule has 0 unspecified atom stereocenters. The summed E-state index contributed by atoms with van der Waals surface area (Å²) in [6.07, 6.45) is 2.17. The molecule has 2 rings (SSSR count). The second kappa shape index (κ2) is 9.36. The van der Waals surface area contributed by atoms with Crippen LogP contribution in [0.15, 0.2) is 54.6 Å². The van der Waals surface area contributed by atoms with E-state index in [-0.39, 0.29) is 11.8 Å². The molecule has 2 aromatic carbocycles. The maximum atomic E-state index is 13.0. The largest absolute Gasteiger partial charge is 0.423 e. The van der Waals surface area contributed by atoms with Gasteiger partial charge in [-0.1, -0.05) is 25.1 Å². The van der Waals surface area contributed by atoms with Gasteiger partial charge in [0.2, 0.25) is 0 Å². The Kier molecular flexibility index (Phi) is 6.91. The van der Waals surface area contributed by atoms with Crippen LogP contribution >= 0.6 is 0 Å². The Bertz CT molecular complexity index is 801. The number of amides is 2. The van der Waals surface area contributed by atoms with Crippen molar-refractivity contribution in [3.05, 3.63) is 66.0 Å². The van der Waals surface area contributed by atoms with Crippen LogP contribution in [-0.2, 0) is 4.79 Å². The third kappa shape index (κ3) is 6.05. The van der Waals surface area contributed by atoms with Gasteiger partial charge in [0, 0.05) is 24.4 Å². The van der Waals surface area contributed by atoms with Crippen LogP contribution in [0.3, 0.4) is 0 Å². The average Bonchev–Trinajstić information content (AvgIpc) is 2.60. The predicted octanol–water partition coefficient (Wildman–Crippen LogP) is 4.37. The first-order chi connectivity index (χ1) is 12.5. The molecule has 0 saturated carbocycles.